The van der Waals surface area contributed by atoms with Crippen LogP contribution in [0.5, 0.6) is 0 Å². The topological polar surface area (TPSA) is 111 Å². The number of carbonyl (C=O) groups excluding carboxylic acids is 2. The highest BCUT2D eigenvalue weighted by atomic mass is 31.2. The van der Waals surface area contributed by atoms with Crippen molar-refractivity contribution < 1.29 is 42.1 Å². The molecule has 0 spiro atoms. The number of hydrogen-bond acceptors (Lipinski definition) is 8. The molecule has 0 bridgehead atoms. The van der Waals surface area contributed by atoms with E-state index in [1.165, 1.54) is 257 Å². The van der Waals surface area contributed by atoms with Crippen molar-refractivity contribution in [2.75, 3.05) is 47.5 Å². The van der Waals surface area contributed by atoms with Crippen molar-refractivity contribution in [1.29, 1.82) is 0 Å². The molecule has 0 aliphatic heterocycles. The van der Waals surface area contributed by atoms with E-state index < -0.39 is 26.5 Å². The van der Waals surface area contributed by atoms with E-state index in [0.29, 0.717) is 17.4 Å². The number of rotatable bonds is 64. The lowest BCUT2D eigenvalue weighted by atomic mass is 10.0. The van der Waals surface area contributed by atoms with E-state index in [1.807, 2.05) is 21.1 Å². The fourth-order valence-electron chi connectivity index (χ4n) is 10.2. The predicted molar refractivity (Wildman–Crippen MR) is 333 cm³/mol. The molecule has 0 saturated heterocycles. The van der Waals surface area contributed by atoms with Crippen LogP contribution in [0.25, 0.3) is 0 Å². The Morgan fingerprint density at radius 3 is 1.03 bits per heavy atom. The van der Waals surface area contributed by atoms with Gasteiger partial charge < -0.3 is 27.9 Å². The van der Waals surface area contributed by atoms with Gasteiger partial charge in [-0.3, -0.25) is 14.2 Å². The van der Waals surface area contributed by atoms with E-state index in [4.69, 9.17) is 18.5 Å². The fourth-order valence-corrected chi connectivity index (χ4v) is 10.9. The van der Waals surface area contributed by atoms with Crippen LogP contribution in [-0.4, -0.2) is 70.0 Å². The maximum absolute atomic E-state index is 12.8. The fraction of sp³-hybridized carbons (Fsp3) is 0.912. The summed E-state index contributed by atoms with van der Waals surface area (Å²) >= 11 is 0. The van der Waals surface area contributed by atoms with Crippen molar-refractivity contribution in [2.24, 2.45) is 0 Å². The van der Waals surface area contributed by atoms with Crippen molar-refractivity contribution in [1.82, 2.24) is 0 Å². The number of unbranched alkanes of at least 4 members (excludes halogenated alkanes) is 46. The van der Waals surface area contributed by atoms with Gasteiger partial charge in [-0.1, -0.05) is 314 Å². The molecule has 0 aromatic carbocycles. The number of esters is 2. The monoisotopic (exact) mass is 1120 g/mol. The summed E-state index contributed by atoms with van der Waals surface area (Å²) in [5.41, 5.74) is 0. The van der Waals surface area contributed by atoms with Gasteiger partial charge >= 0.3 is 11.9 Å². The molecule has 0 amide bonds. The van der Waals surface area contributed by atoms with Gasteiger partial charge in [0.15, 0.2) is 6.10 Å². The number of phosphoric acid groups is 1. The van der Waals surface area contributed by atoms with Crippen LogP contribution in [0.4, 0.5) is 0 Å². The summed E-state index contributed by atoms with van der Waals surface area (Å²) in [5.74, 6) is -0.833. The highest BCUT2D eigenvalue weighted by Gasteiger charge is 2.22. The molecule has 0 radical (unpaired) electrons. The van der Waals surface area contributed by atoms with Crippen LogP contribution in [0.2, 0.25) is 0 Å². The van der Waals surface area contributed by atoms with Crippen molar-refractivity contribution in [3.63, 3.8) is 0 Å². The Morgan fingerprint density at radius 2 is 0.692 bits per heavy atom. The zero-order valence-corrected chi connectivity index (χ0v) is 53.5. The number of hydrogen-bond donors (Lipinski definition) is 0. The largest absolute Gasteiger partial charge is 0.756 e. The second-order valence-corrected chi connectivity index (χ2v) is 26.0. The van der Waals surface area contributed by atoms with Crippen LogP contribution in [0, 0.1) is 0 Å². The molecule has 0 fully saturated rings. The molecular weight excluding hydrogens is 990 g/mol. The van der Waals surface area contributed by atoms with Crippen molar-refractivity contribution in [3.8, 4) is 0 Å². The third kappa shape index (κ3) is 63.7. The van der Waals surface area contributed by atoms with Gasteiger partial charge in [0.1, 0.15) is 19.8 Å². The maximum atomic E-state index is 12.8. The smallest absolute Gasteiger partial charge is 0.306 e. The zero-order chi connectivity index (χ0) is 57.0. The minimum Gasteiger partial charge on any atom is -0.756 e. The molecular formula is C68H132NO8P. The number of ether oxygens (including phenoxy) is 2. The number of allylic oxidation sites excluding steroid dienone is 4. The number of likely N-dealkylation sites (N-methyl/N-ethyl adjacent to an activating group) is 1. The van der Waals surface area contributed by atoms with Crippen LogP contribution in [0.3, 0.4) is 0 Å². The quantitative estimate of drug-likeness (QED) is 0.0195. The van der Waals surface area contributed by atoms with Crippen molar-refractivity contribution in [3.05, 3.63) is 24.3 Å². The molecule has 0 aromatic heterocycles. The van der Waals surface area contributed by atoms with Gasteiger partial charge in [0.2, 0.25) is 0 Å². The Labute approximate surface area is 485 Å². The average Bonchev–Trinajstić information content (AvgIpc) is 3.41. The lowest BCUT2D eigenvalue weighted by Gasteiger charge is -2.28. The third-order valence-electron chi connectivity index (χ3n) is 15.5. The van der Waals surface area contributed by atoms with Crippen molar-refractivity contribution >= 4 is 19.8 Å². The summed E-state index contributed by atoms with van der Waals surface area (Å²) in [6.07, 6.45) is 74.3. The standard InChI is InChI=1S/C68H132NO8P/c1-6-8-10-12-14-16-18-20-22-24-25-26-27-28-29-30-31-32-33-34-35-36-37-38-39-40-41-42-43-44-45-47-48-50-52-54-56-58-60-67(70)74-64-66(65-76-78(72,73)75-63-62-69(3,4)5)77-68(71)61-59-57-55-53-51-49-46-23-21-19-17-15-13-11-9-7-2/h17,19,23,46,66H,6-16,18,20-22,24-45,47-65H2,1-5H3/b19-17-,46-23-. The lowest BCUT2D eigenvalue weighted by molar-refractivity contribution is -0.870. The molecule has 2 atom stereocenters. The van der Waals surface area contributed by atoms with Crippen LogP contribution in [0.15, 0.2) is 24.3 Å². The molecule has 0 saturated carbocycles. The summed E-state index contributed by atoms with van der Waals surface area (Å²) < 4.78 is 34.2. The maximum Gasteiger partial charge on any atom is 0.306 e. The molecule has 0 aromatic rings. The molecule has 2 unspecified atom stereocenters. The number of phosphoric ester groups is 1. The average molecular weight is 1120 g/mol. The second-order valence-electron chi connectivity index (χ2n) is 24.6. The minimum absolute atomic E-state index is 0.0314. The zero-order valence-electron chi connectivity index (χ0n) is 52.6. The predicted octanol–water partition coefficient (Wildman–Crippen LogP) is 21.1. The Bertz CT molecular complexity index is 1370. The van der Waals surface area contributed by atoms with Gasteiger partial charge in [0.25, 0.3) is 7.82 Å². The van der Waals surface area contributed by atoms with Gasteiger partial charge in [-0.05, 0) is 44.9 Å². The van der Waals surface area contributed by atoms with Gasteiger partial charge in [0, 0.05) is 12.8 Å². The molecule has 10 heteroatoms. The SMILES string of the molecule is CCCCCC/C=C\C/C=C\CCCCCCCC(=O)OC(COC(=O)CCCCCCCCCCCCCCCCCCCCCCCCCCCCCCCCCCCCCCCC)COP(=O)([O-])OCC[N+](C)(C)C. The summed E-state index contributed by atoms with van der Waals surface area (Å²) in [6.45, 7) is 4.26. The van der Waals surface area contributed by atoms with Crippen LogP contribution in [0.1, 0.15) is 348 Å². The summed E-state index contributed by atoms with van der Waals surface area (Å²) in [4.78, 5) is 37.9. The Kier molecular flexibility index (Phi) is 58.9. The van der Waals surface area contributed by atoms with Gasteiger partial charge in [0.05, 0.1) is 27.7 Å². The van der Waals surface area contributed by atoms with Gasteiger partial charge in [-0.25, -0.2) is 0 Å². The van der Waals surface area contributed by atoms with Crippen molar-refractivity contribution in [2.45, 2.75) is 354 Å². The molecule has 9 nitrogen and oxygen atoms in total. The molecule has 462 valence electrons. The Morgan fingerprint density at radius 1 is 0.397 bits per heavy atom. The lowest BCUT2D eigenvalue weighted by Crippen LogP contribution is -2.37. The molecule has 0 rings (SSSR count). The molecule has 78 heavy (non-hydrogen) atoms. The Balaban J connectivity index is 3.86. The third-order valence-corrected chi connectivity index (χ3v) is 16.4. The first kappa shape index (κ1) is 76.5. The van der Waals surface area contributed by atoms with Gasteiger partial charge in [-0.2, -0.15) is 0 Å². The summed E-state index contributed by atoms with van der Waals surface area (Å²) in [5, 5.41) is 0. The van der Waals surface area contributed by atoms with E-state index in [9.17, 15) is 19.0 Å². The molecule has 0 aliphatic rings. The highest BCUT2D eigenvalue weighted by Crippen LogP contribution is 2.38. The van der Waals surface area contributed by atoms with E-state index >= 15 is 0 Å². The molecule has 0 aliphatic carbocycles. The molecule has 0 heterocycles. The highest BCUT2D eigenvalue weighted by molar-refractivity contribution is 7.45. The minimum atomic E-state index is -4.64. The van der Waals surface area contributed by atoms with Crippen LogP contribution >= 0.6 is 7.82 Å². The second kappa shape index (κ2) is 60.1. The molecule has 0 N–H and O–H groups in total. The number of quaternary nitrogens is 1. The number of nitrogens with zero attached hydrogens (tertiary/aromatic N) is 1. The van der Waals surface area contributed by atoms with Gasteiger partial charge in [-0.15, -0.1) is 0 Å². The van der Waals surface area contributed by atoms with E-state index in [0.717, 1.165) is 57.8 Å². The Hall–Kier alpha value is -1.51. The first-order valence-corrected chi connectivity index (χ1v) is 35.5. The van der Waals surface area contributed by atoms with E-state index in [2.05, 4.69) is 38.2 Å². The summed E-state index contributed by atoms with van der Waals surface area (Å²) in [7, 11) is 1.17. The number of carbonyl (C=O) groups is 2. The first-order chi connectivity index (χ1) is 38.0. The van der Waals surface area contributed by atoms with Crippen LogP contribution < -0.4 is 4.89 Å². The normalized spacial score (nSPS) is 13.3. The first-order valence-electron chi connectivity index (χ1n) is 34.0. The van der Waals surface area contributed by atoms with Crippen LogP contribution in [-0.2, 0) is 32.7 Å². The van der Waals surface area contributed by atoms with E-state index in [-0.39, 0.29) is 32.0 Å². The summed E-state index contributed by atoms with van der Waals surface area (Å²) in [6, 6.07) is 0. The van der Waals surface area contributed by atoms with E-state index in [1.54, 1.807) is 0 Å².